The van der Waals surface area contributed by atoms with Crippen LogP contribution in [0.15, 0.2) is 0 Å². The molecular weight excluding hydrogens is 201 g/mol. The molecule has 0 N–H and O–H groups in total. The van der Waals surface area contributed by atoms with Crippen LogP contribution in [0.5, 0.6) is 0 Å². The van der Waals surface area contributed by atoms with E-state index in [4.69, 9.17) is 0 Å². The van der Waals surface area contributed by atoms with Crippen molar-refractivity contribution in [2.75, 3.05) is 13.7 Å². The Hall–Kier alpha value is -0.780. The number of alkyl halides is 3. The summed E-state index contributed by atoms with van der Waals surface area (Å²) in [4.78, 5) is 10.9. The third kappa shape index (κ3) is 3.17. The molecule has 0 radical (unpaired) electrons. The second-order valence-corrected chi connectivity index (χ2v) is 3.31. The van der Waals surface area contributed by atoms with Gasteiger partial charge in [0.15, 0.2) is 0 Å². The minimum absolute atomic E-state index is 0.180. The molecule has 1 rings (SSSR count). The first-order chi connectivity index (χ1) is 6.42. The van der Waals surface area contributed by atoms with Crippen LogP contribution in [0.25, 0.3) is 0 Å². The molecule has 1 aliphatic rings. The van der Waals surface area contributed by atoms with E-state index in [1.165, 1.54) is 7.11 Å². The fourth-order valence-corrected chi connectivity index (χ4v) is 1.44. The Morgan fingerprint density at radius 2 is 2.00 bits per heavy atom. The lowest BCUT2D eigenvalue weighted by atomic mass is 9.75. The molecule has 3 nitrogen and oxygen atoms in total. The van der Waals surface area contributed by atoms with Gasteiger partial charge in [0.2, 0.25) is 0 Å². The molecule has 0 unspecified atom stereocenters. The number of esters is 1. The summed E-state index contributed by atoms with van der Waals surface area (Å²) in [7, 11) is 1.27. The molecule has 0 atom stereocenters. The fraction of sp³-hybridized carbons (Fsp3) is 0.875. The predicted octanol–water partition coefficient (Wildman–Crippen LogP) is 1.72. The van der Waals surface area contributed by atoms with Gasteiger partial charge in [-0.3, -0.25) is 9.53 Å². The van der Waals surface area contributed by atoms with Crippen molar-refractivity contribution in [2.24, 2.45) is 11.8 Å². The summed E-state index contributed by atoms with van der Waals surface area (Å²) < 4.78 is 42.8. The molecular formula is C8H11F3O3. The molecule has 14 heavy (non-hydrogen) atoms. The summed E-state index contributed by atoms with van der Waals surface area (Å²) in [6.07, 6.45) is -3.73. The van der Waals surface area contributed by atoms with E-state index in [9.17, 15) is 18.0 Å². The van der Waals surface area contributed by atoms with E-state index < -0.39 is 6.36 Å². The Kier molecular flexibility index (Phi) is 3.36. The van der Waals surface area contributed by atoms with E-state index >= 15 is 0 Å². The minimum atomic E-state index is -4.57. The van der Waals surface area contributed by atoms with E-state index in [1.54, 1.807) is 0 Å². The normalized spacial score (nSPS) is 26.9. The van der Waals surface area contributed by atoms with Crippen molar-refractivity contribution < 1.29 is 27.4 Å². The molecule has 1 aliphatic carbocycles. The molecule has 0 aromatic heterocycles. The number of rotatable bonds is 3. The fourth-order valence-electron chi connectivity index (χ4n) is 1.44. The summed E-state index contributed by atoms with van der Waals surface area (Å²) in [5.41, 5.74) is 0. The Balaban J connectivity index is 2.13. The zero-order valence-electron chi connectivity index (χ0n) is 7.63. The van der Waals surface area contributed by atoms with E-state index in [0.717, 1.165) is 0 Å². The van der Waals surface area contributed by atoms with Gasteiger partial charge in [-0.1, -0.05) is 0 Å². The van der Waals surface area contributed by atoms with Crippen molar-refractivity contribution in [3.8, 4) is 0 Å². The van der Waals surface area contributed by atoms with Gasteiger partial charge in [0.1, 0.15) is 0 Å². The van der Waals surface area contributed by atoms with Crippen LogP contribution < -0.4 is 0 Å². The van der Waals surface area contributed by atoms with E-state index in [1.807, 2.05) is 0 Å². The Morgan fingerprint density at radius 1 is 1.43 bits per heavy atom. The molecule has 82 valence electrons. The summed E-state index contributed by atoms with van der Waals surface area (Å²) in [6, 6.07) is 0. The average Bonchev–Trinajstić information content (AvgIpc) is 1.98. The van der Waals surface area contributed by atoms with E-state index in [2.05, 4.69) is 9.47 Å². The highest BCUT2D eigenvalue weighted by molar-refractivity contribution is 5.73. The van der Waals surface area contributed by atoms with Crippen molar-refractivity contribution in [1.82, 2.24) is 0 Å². The first-order valence-electron chi connectivity index (χ1n) is 4.21. The lowest BCUT2D eigenvalue weighted by Gasteiger charge is -2.32. The van der Waals surface area contributed by atoms with Gasteiger partial charge < -0.3 is 4.74 Å². The van der Waals surface area contributed by atoms with Crippen molar-refractivity contribution in [3.05, 3.63) is 0 Å². The number of ether oxygens (including phenoxy) is 2. The van der Waals surface area contributed by atoms with Crippen LogP contribution in [0.1, 0.15) is 12.8 Å². The van der Waals surface area contributed by atoms with E-state index in [-0.39, 0.29) is 24.4 Å². The number of hydrogen-bond donors (Lipinski definition) is 0. The van der Waals surface area contributed by atoms with Crippen molar-refractivity contribution in [3.63, 3.8) is 0 Å². The maximum absolute atomic E-state index is 11.6. The molecule has 0 amide bonds. The lowest BCUT2D eigenvalue weighted by molar-refractivity contribution is -0.330. The molecule has 0 heterocycles. The molecule has 6 heteroatoms. The van der Waals surface area contributed by atoms with Crippen LogP contribution in [0.4, 0.5) is 13.2 Å². The molecule has 0 spiro atoms. The smallest absolute Gasteiger partial charge is 0.469 e. The number of methoxy groups -OCH3 is 1. The van der Waals surface area contributed by atoms with Crippen LogP contribution in [-0.4, -0.2) is 26.0 Å². The average molecular weight is 212 g/mol. The second-order valence-electron chi connectivity index (χ2n) is 3.31. The van der Waals surface area contributed by atoms with Crippen LogP contribution >= 0.6 is 0 Å². The largest absolute Gasteiger partial charge is 0.522 e. The minimum Gasteiger partial charge on any atom is -0.469 e. The molecule has 0 bridgehead atoms. The van der Waals surface area contributed by atoms with Gasteiger partial charge in [-0.05, 0) is 18.8 Å². The Labute approximate surface area is 79.2 Å². The topological polar surface area (TPSA) is 35.5 Å². The Bertz CT molecular complexity index is 208. The van der Waals surface area contributed by atoms with Gasteiger partial charge in [0.05, 0.1) is 19.6 Å². The molecule has 1 saturated carbocycles. The highest BCUT2D eigenvalue weighted by atomic mass is 19.4. The third-order valence-corrected chi connectivity index (χ3v) is 2.25. The summed E-state index contributed by atoms with van der Waals surface area (Å²) in [5.74, 6) is -0.782. The standard InChI is InChI=1S/C8H11F3O3/c1-13-7(12)6-2-5(3-6)4-14-8(9,10)11/h5-6H,2-4H2,1H3. The highest BCUT2D eigenvalue weighted by Gasteiger charge is 2.38. The van der Waals surface area contributed by atoms with Crippen LogP contribution in [0.3, 0.4) is 0 Å². The van der Waals surface area contributed by atoms with Gasteiger partial charge in [-0.25, -0.2) is 0 Å². The Morgan fingerprint density at radius 3 is 2.43 bits per heavy atom. The zero-order valence-corrected chi connectivity index (χ0v) is 7.63. The molecule has 0 saturated heterocycles. The van der Waals surface area contributed by atoms with E-state index in [0.29, 0.717) is 12.8 Å². The number of hydrogen-bond acceptors (Lipinski definition) is 3. The summed E-state index contributed by atoms with van der Waals surface area (Å²) in [5, 5.41) is 0. The monoisotopic (exact) mass is 212 g/mol. The van der Waals surface area contributed by atoms with Gasteiger partial charge in [-0.15, -0.1) is 13.2 Å². The maximum Gasteiger partial charge on any atom is 0.522 e. The first-order valence-corrected chi connectivity index (χ1v) is 4.21. The zero-order chi connectivity index (χ0) is 10.8. The van der Waals surface area contributed by atoms with Gasteiger partial charge in [0.25, 0.3) is 0 Å². The molecule has 0 aromatic carbocycles. The molecule has 0 aromatic rings. The molecule has 1 fully saturated rings. The number of carbonyl (C=O) groups is 1. The van der Waals surface area contributed by atoms with Gasteiger partial charge >= 0.3 is 12.3 Å². The molecule has 0 aliphatic heterocycles. The maximum atomic E-state index is 11.6. The van der Waals surface area contributed by atoms with Crippen LogP contribution in [0.2, 0.25) is 0 Å². The van der Waals surface area contributed by atoms with Crippen molar-refractivity contribution in [2.45, 2.75) is 19.2 Å². The number of carbonyl (C=O) groups excluding carboxylic acids is 1. The van der Waals surface area contributed by atoms with Gasteiger partial charge in [-0.2, -0.15) is 0 Å². The predicted molar refractivity (Wildman–Crippen MR) is 40.2 cm³/mol. The SMILES string of the molecule is COC(=O)C1CC(COC(F)(F)F)C1. The van der Waals surface area contributed by atoms with Crippen LogP contribution in [0, 0.1) is 11.8 Å². The number of halogens is 3. The third-order valence-electron chi connectivity index (χ3n) is 2.25. The highest BCUT2D eigenvalue weighted by Crippen LogP contribution is 2.35. The van der Waals surface area contributed by atoms with Crippen LogP contribution in [-0.2, 0) is 14.3 Å². The quantitative estimate of drug-likeness (QED) is 0.668. The van der Waals surface area contributed by atoms with Gasteiger partial charge in [0, 0.05) is 0 Å². The van der Waals surface area contributed by atoms with Crippen molar-refractivity contribution in [1.29, 1.82) is 0 Å². The first kappa shape index (κ1) is 11.3. The summed E-state index contributed by atoms with van der Waals surface area (Å²) >= 11 is 0. The van der Waals surface area contributed by atoms with Crippen molar-refractivity contribution >= 4 is 5.97 Å². The lowest BCUT2D eigenvalue weighted by Crippen LogP contribution is -2.35. The second kappa shape index (κ2) is 4.16. The summed E-state index contributed by atoms with van der Waals surface area (Å²) in [6.45, 7) is -0.364.